The summed E-state index contributed by atoms with van der Waals surface area (Å²) in [6, 6.07) is 20.9. The first kappa shape index (κ1) is 30.2. The van der Waals surface area contributed by atoms with Crippen LogP contribution in [0.4, 0.5) is 5.69 Å². The number of nitrogens with one attached hydrogen (secondary N) is 1. The van der Waals surface area contributed by atoms with E-state index in [4.69, 9.17) is 4.74 Å². The van der Waals surface area contributed by atoms with Gasteiger partial charge in [-0.15, -0.1) is 0 Å². The number of amides is 2. The number of rotatable bonds is 10. The Hall–Kier alpha value is -3.37. The molecule has 3 rings (SSSR count). The summed E-state index contributed by atoms with van der Waals surface area (Å²) in [6.45, 7) is 6.82. The molecular weight excluding hydrogens is 582 g/mol. The minimum Gasteiger partial charge on any atom is -0.497 e. The lowest BCUT2D eigenvalue weighted by atomic mass is 10.1. The van der Waals surface area contributed by atoms with Crippen molar-refractivity contribution in [3.05, 3.63) is 88.9 Å². The third-order valence-electron chi connectivity index (χ3n) is 5.90. The molecule has 0 aliphatic carbocycles. The normalized spacial score (nSPS) is 12.4. The van der Waals surface area contributed by atoms with E-state index in [0.29, 0.717) is 11.4 Å². The van der Waals surface area contributed by atoms with Gasteiger partial charge in [-0.3, -0.25) is 13.9 Å². The number of hydrogen-bond acceptors (Lipinski definition) is 5. The third kappa shape index (κ3) is 8.06. The van der Waals surface area contributed by atoms with Crippen LogP contribution in [0.15, 0.2) is 88.2 Å². The van der Waals surface area contributed by atoms with Gasteiger partial charge in [0, 0.05) is 16.6 Å². The standard InChI is InChI=1S/C29H34BrN3O5S/c1-21(28(35)31-29(2,3)4)32(19-22-11-13-23(30)14-12-22)27(34)20-33(24-15-17-25(38-5)18-16-24)39(36,37)26-9-7-6-8-10-26/h6-18,21H,19-20H2,1-5H3,(H,31,35). The number of halogens is 1. The van der Waals surface area contributed by atoms with Crippen molar-refractivity contribution >= 4 is 43.5 Å². The minimum atomic E-state index is -4.12. The van der Waals surface area contributed by atoms with E-state index in [9.17, 15) is 18.0 Å². The summed E-state index contributed by atoms with van der Waals surface area (Å²) in [7, 11) is -2.60. The zero-order valence-electron chi connectivity index (χ0n) is 22.7. The SMILES string of the molecule is COc1ccc(N(CC(=O)N(Cc2ccc(Br)cc2)C(C)C(=O)NC(C)(C)C)S(=O)(=O)c2ccccc2)cc1. The average molecular weight is 617 g/mol. The van der Waals surface area contributed by atoms with Gasteiger partial charge in [-0.25, -0.2) is 8.42 Å². The highest BCUT2D eigenvalue weighted by Gasteiger charge is 2.33. The number of carbonyl (C=O) groups is 2. The van der Waals surface area contributed by atoms with Crippen LogP contribution < -0.4 is 14.4 Å². The van der Waals surface area contributed by atoms with E-state index in [1.54, 1.807) is 49.4 Å². The topological polar surface area (TPSA) is 96.0 Å². The summed E-state index contributed by atoms with van der Waals surface area (Å²) in [4.78, 5) is 28.5. The van der Waals surface area contributed by atoms with Gasteiger partial charge in [0.15, 0.2) is 0 Å². The zero-order valence-corrected chi connectivity index (χ0v) is 25.1. The predicted octanol–water partition coefficient (Wildman–Crippen LogP) is 4.99. The van der Waals surface area contributed by atoms with E-state index in [2.05, 4.69) is 21.2 Å². The molecule has 1 atom stereocenters. The second kappa shape index (κ2) is 12.7. The van der Waals surface area contributed by atoms with Gasteiger partial charge in [-0.05, 0) is 81.8 Å². The molecule has 0 fully saturated rings. The second-order valence-corrected chi connectivity index (χ2v) is 12.9. The Kier molecular flexibility index (Phi) is 9.79. The van der Waals surface area contributed by atoms with Crippen LogP contribution in [0.1, 0.15) is 33.3 Å². The van der Waals surface area contributed by atoms with Crippen molar-refractivity contribution in [2.75, 3.05) is 18.0 Å². The lowest BCUT2D eigenvalue weighted by molar-refractivity contribution is -0.140. The molecule has 2 amide bonds. The number of anilines is 1. The van der Waals surface area contributed by atoms with Crippen molar-refractivity contribution in [3.63, 3.8) is 0 Å². The zero-order chi connectivity index (χ0) is 28.8. The molecule has 0 spiro atoms. The molecule has 0 aliphatic rings. The Labute approximate surface area is 239 Å². The maximum atomic E-state index is 13.9. The summed E-state index contributed by atoms with van der Waals surface area (Å²) >= 11 is 3.41. The van der Waals surface area contributed by atoms with Crippen LogP contribution in [0.25, 0.3) is 0 Å². The van der Waals surface area contributed by atoms with Crippen molar-refractivity contribution in [1.82, 2.24) is 10.2 Å². The summed E-state index contributed by atoms with van der Waals surface area (Å²) in [5, 5.41) is 2.92. The fourth-order valence-corrected chi connectivity index (χ4v) is 5.54. The number of nitrogens with zero attached hydrogens (tertiary/aromatic N) is 2. The van der Waals surface area contributed by atoms with Crippen molar-refractivity contribution in [3.8, 4) is 5.75 Å². The molecule has 3 aromatic carbocycles. The molecule has 0 saturated heterocycles. The quantitative estimate of drug-likeness (QED) is 0.347. The van der Waals surface area contributed by atoms with Crippen LogP contribution in [0.3, 0.4) is 0 Å². The summed E-state index contributed by atoms with van der Waals surface area (Å²) in [6.07, 6.45) is 0. The van der Waals surface area contributed by atoms with Gasteiger partial charge in [0.25, 0.3) is 10.0 Å². The van der Waals surface area contributed by atoms with Crippen molar-refractivity contribution in [1.29, 1.82) is 0 Å². The van der Waals surface area contributed by atoms with Gasteiger partial charge in [0.05, 0.1) is 17.7 Å². The number of hydrogen-bond donors (Lipinski definition) is 1. The molecule has 8 nitrogen and oxygen atoms in total. The molecule has 0 radical (unpaired) electrons. The number of benzene rings is 3. The summed E-state index contributed by atoms with van der Waals surface area (Å²) in [5.74, 6) is -0.314. The Morgan fingerprint density at radius 3 is 2.08 bits per heavy atom. The third-order valence-corrected chi connectivity index (χ3v) is 8.22. The average Bonchev–Trinajstić information content (AvgIpc) is 2.90. The van der Waals surface area contributed by atoms with Crippen LogP contribution in [0, 0.1) is 0 Å². The Morgan fingerprint density at radius 1 is 0.949 bits per heavy atom. The maximum absolute atomic E-state index is 13.9. The fourth-order valence-electron chi connectivity index (χ4n) is 3.84. The summed E-state index contributed by atoms with van der Waals surface area (Å²) < 4.78 is 34.7. The highest BCUT2D eigenvalue weighted by atomic mass is 79.9. The number of sulfonamides is 1. The van der Waals surface area contributed by atoms with Crippen molar-refractivity contribution in [2.24, 2.45) is 0 Å². The molecule has 0 heterocycles. The first-order valence-electron chi connectivity index (χ1n) is 12.4. The lowest BCUT2D eigenvalue weighted by Gasteiger charge is -2.33. The van der Waals surface area contributed by atoms with Crippen molar-refractivity contribution < 1.29 is 22.7 Å². The van der Waals surface area contributed by atoms with Crippen LogP contribution >= 0.6 is 15.9 Å². The molecule has 1 N–H and O–H groups in total. The van der Waals surface area contributed by atoms with Gasteiger partial charge in [0.1, 0.15) is 18.3 Å². The monoisotopic (exact) mass is 615 g/mol. The van der Waals surface area contributed by atoms with Gasteiger partial charge >= 0.3 is 0 Å². The molecule has 0 bridgehead atoms. The largest absolute Gasteiger partial charge is 0.497 e. The highest BCUT2D eigenvalue weighted by Crippen LogP contribution is 2.26. The van der Waals surface area contributed by atoms with E-state index < -0.39 is 34.1 Å². The molecule has 3 aromatic rings. The van der Waals surface area contributed by atoms with Gasteiger partial charge in [0.2, 0.25) is 11.8 Å². The Balaban J connectivity index is 2.02. The van der Waals surface area contributed by atoms with Crippen LogP contribution in [0.2, 0.25) is 0 Å². The van der Waals surface area contributed by atoms with E-state index in [1.807, 2.05) is 45.0 Å². The minimum absolute atomic E-state index is 0.0478. The first-order valence-corrected chi connectivity index (χ1v) is 14.6. The second-order valence-electron chi connectivity index (χ2n) is 10.1. The molecule has 10 heteroatoms. The number of carbonyl (C=O) groups excluding carboxylic acids is 2. The van der Waals surface area contributed by atoms with Crippen LogP contribution in [-0.2, 0) is 26.2 Å². The van der Waals surface area contributed by atoms with Gasteiger partial charge < -0.3 is 15.0 Å². The van der Waals surface area contributed by atoms with Crippen LogP contribution in [-0.4, -0.2) is 50.4 Å². The predicted molar refractivity (Wildman–Crippen MR) is 156 cm³/mol. The molecule has 1 unspecified atom stereocenters. The highest BCUT2D eigenvalue weighted by molar-refractivity contribution is 9.10. The smallest absolute Gasteiger partial charge is 0.264 e. The molecule has 0 saturated carbocycles. The van der Waals surface area contributed by atoms with E-state index >= 15 is 0 Å². The molecule has 39 heavy (non-hydrogen) atoms. The number of ether oxygens (including phenoxy) is 1. The molecular formula is C29H34BrN3O5S. The number of methoxy groups -OCH3 is 1. The molecule has 0 aromatic heterocycles. The summed E-state index contributed by atoms with van der Waals surface area (Å²) in [5.41, 5.74) is 0.580. The van der Waals surface area contributed by atoms with Crippen molar-refractivity contribution in [2.45, 2.75) is 50.7 Å². The Morgan fingerprint density at radius 2 is 1.54 bits per heavy atom. The lowest BCUT2D eigenvalue weighted by Crippen LogP contribution is -2.54. The molecule has 0 aliphatic heterocycles. The Bertz CT molecular complexity index is 1370. The van der Waals surface area contributed by atoms with Crippen LogP contribution in [0.5, 0.6) is 5.75 Å². The van der Waals surface area contributed by atoms with Gasteiger partial charge in [-0.2, -0.15) is 0 Å². The van der Waals surface area contributed by atoms with E-state index in [1.165, 1.54) is 24.1 Å². The fraction of sp³-hybridized carbons (Fsp3) is 0.310. The van der Waals surface area contributed by atoms with E-state index in [0.717, 1.165) is 14.3 Å². The van der Waals surface area contributed by atoms with E-state index in [-0.39, 0.29) is 17.3 Å². The first-order chi connectivity index (χ1) is 18.3. The maximum Gasteiger partial charge on any atom is 0.264 e. The van der Waals surface area contributed by atoms with Gasteiger partial charge in [-0.1, -0.05) is 46.3 Å². The molecule has 208 valence electrons.